The number of alkyl carbamates (subject to hydrolysis) is 1. The van der Waals surface area contributed by atoms with E-state index in [0.717, 1.165) is 21.7 Å². The van der Waals surface area contributed by atoms with Crippen molar-refractivity contribution >= 4 is 58.0 Å². The molecule has 57 heavy (non-hydrogen) atoms. The molecule has 2 fully saturated rings. The van der Waals surface area contributed by atoms with Crippen LogP contribution in [-0.2, 0) is 41.7 Å². The summed E-state index contributed by atoms with van der Waals surface area (Å²) in [7, 11) is 0. The van der Waals surface area contributed by atoms with Gasteiger partial charge < -0.3 is 19.7 Å². The van der Waals surface area contributed by atoms with E-state index >= 15 is 0 Å². The zero-order valence-corrected chi connectivity index (χ0v) is 33.5. The largest absolute Gasteiger partial charge is 0.448 e. The van der Waals surface area contributed by atoms with Gasteiger partial charge in [0.15, 0.2) is 18.5 Å². The van der Waals surface area contributed by atoms with Gasteiger partial charge in [0.25, 0.3) is 11.8 Å². The Balaban J connectivity index is 1.13. The molecule has 16 heteroatoms. The van der Waals surface area contributed by atoms with Gasteiger partial charge in [0.2, 0.25) is 17.6 Å². The molecule has 2 N–H and O–H groups in total. The number of hydrogen-bond acceptors (Lipinski definition) is 11. The molecule has 2 atom stereocenters. The third kappa shape index (κ3) is 9.24. The van der Waals surface area contributed by atoms with E-state index in [2.05, 4.69) is 20.8 Å². The smallest absolute Gasteiger partial charge is 0.408 e. The van der Waals surface area contributed by atoms with Gasteiger partial charge in [-0.2, -0.15) is 4.57 Å². The third-order valence-corrected chi connectivity index (χ3v) is 11.3. The van der Waals surface area contributed by atoms with E-state index in [9.17, 15) is 24.0 Å². The van der Waals surface area contributed by atoms with Gasteiger partial charge in [-0.05, 0) is 63.0 Å². The van der Waals surface area contributed by atoms with E-state index in [1.807, 2.05) is 85.9 Å². The second-order valence-corrected chi connectivity index (χ2v) is 17.0. The van der Waals surface area contributed by atoms with Crippen LogP contribution >= 0.6 is 23.1 Å². The molecule has 14 nitrogen and oxygen atoms in total. The number of pyridine rings is 1. The number of aromatic nitrogens is 3. The number of fused-ring (bicyclic) bond motifs is 1. The van der Waals surface area contributed by atoms with Crippen LogP contribution in [0.3, 0.4) is 0 Å². The number of nitrogens with one attached hydrogen (secondary N) is 2. The summed E-state index contributed by atoms with van der Waals surface area (Å²) in [5, 5.41) is 13.9. The SMILES string of the molecule is Cc1nnc(NC(=O)C[n+]2cccc(CN3CCC(=CC4=C(C(=O)OC(c5ccccc5)c5ccccc5)N5C(=O)[C@@H](NC(=O)OC(C)(C)C)[C@H]5SC4)C3=O)c2)s1. The molecule has 294 valence electrons. The lowest BCUT2D eigenvalue weighted by Gasteiger charge is -2.49. The molecule has 2 saturated heterocycles. The number of aryl methyl sites for hydroxylation is 1. The fraction of sp³-hybridized carbons (Fsp3) is 0.317. The Kier molecular flexibility index (Phi) is 11.5. The molecule has 0 unspecified atom stereocenters. The average Bonchev–Trinajstić information content (AvgIpc) is 3.75. The van der Waals surface area contributed by atoms with Crippen LogP contribution in [0.4, 0.5) is 9.93 Å². The number of nitrogens with zero attached hydrogens (tertiary/aromatic N) is 5. The lowest BCUT2D eigenvalue weighted by molar-refractivity contribution is -0.684. The van der Waals surface area contributed by atoms with Crippen molar-refractivity contribution in [3.63, 3.8) is 0 Å². The Morgan fingerprint density at radius 2 is 1.70 bits per heavy atom. The van der Waals surface area contributed by atoms with Crippen LogP contribution in [0, 0.1) is 6.92 Å². The number of thioether (sulfide) groups is 1. The van der Waals surface area contributed by atoms with Crippen LogP contribution in [-0.4, -0.2) is 79.1 Å². The molecular formula is C41H42N7O7S2+. The molecule has 0 radical (unpaired) electrons. The quantitative estimate of drug-likeness (QED) is 0.0929. The third-order valence-electron chi connectivity index (χ3n) is 9.25. The minimum absolute atomic E-state index is 0.0349. The van der Waals surface area contributed by atoms with Crippen molar-refractivity contribution in [3.8, 4) is 0 Å². The first-order valence-electron chi connectivity index (χ1n) is 18.4. The van der Waals surface area contributed by atoms with Gasteiger partial charge in [-0.3, -0.25) is 24.6 Å². The Morgan fingerprint density at radius 3 is 2.35 bits per heavy atom. The number of β-lactam (4-membered cyclic amide) rings is 1. The van der Waals surface area contributed by atoms with E-state index in [0.29, 0.717) is 35.8 Å². The van der Waals surface area contributed by atoms with E-state index < -0.39 is 41.1 Å². The molecule has 0 aliphatic carbocycles. The van der Waals surface area contributed by atoms with Gasteiger partial charge in [0.05, 0.1) is 6.54 Å². The highest BCUT2D eigenvalue weighted by Crippen LogP contribution is 2.43. The molecule has 7 rings (SSSR count). The van der Waals surface area contributed by atoms with Gasteiger partial charge in [-0.15, -0.1) is 22.0 Å². The minimum atomic E-state index is -0.919. The average molecular weight is 809 g/mol. The monoisotopic (exact) mass is 808 g/mol. The first-order chi connectivity index (χ1) is 27.3. The number of hydrogen-bond donors (Lipinski definition) is 2. The summed E-state index contributed by atoms with van der Waals surface area (Å²) in [5.41, 5.74) is 2.55. The number of amides is 4. The van der Waals surface area contributed by atoms with Gasteiger partial charge in [0.1, 0.15) is 27.7 Å². The topological polar surface area (TPSA) is 164 Å². The van der Waals surface area contributed by atoms with Crippen LogP contribution in [0.1, 0.15) is 55.0 Å². The highest BCUT2D eigenvalue weighted by Gasteiger charge is 2.55. The van der Waals surface area contributed by atoms with Crippen molar-refractivity contribution in [2.75, 3.05) is 17.6 Å². The van der Waals surface area contributed by atoms with Crippen LogP contribution in [0.15, 0.2) is 108 Å². The zero-order valence-electron chi connectivity index (χ0n) is 31.8. The standard InChI is InChI=1S/C41H41N7O7S2/c1-25-44-45-39(57-25)42-31(49)23-46-18-11-12-26(21-46)22-47-19-17-29(35(47)50)20-30-24-56-37-32(43-40(53)55-41(2,3)4)36(51)48(37)33(30)38(52)54-34(27-13-7-5-8-14-27)28-15-9-6-10-16-28/h5-16,18,20-21,32,34,37H,17,19,22-24H2,1-4H3,(H-,42,43,45,49,53)/p+1/t32-,37-/m1/s1. The number of carbonyl (C=O) groups excluding carboxylic acids is 5. The molecular weight excluding hydrogens is 767 g/mol. The zero-order chi connectivity index (χ0) is 40.3. The number of carbonyl (C=O) groups is 5. The van der Waals surface area contributed by atoms with Crippen molar-refractivity contribution in [2.24, 2.45) is 0 Å². The lowest BCUT2D eigenvalue weighted by Crippen LogP contribution is -2.70. The maximum Gasteiger partial charge on any atom is 0.408 e. The van der Waals surface area contributed by atoms with Crippen molar-refractivity contribution in [2.45, 2.75) is 70.3 Å². The van der Waals surface area contributed by atoms with E-state index in [1.165, 1.54) is 28.0 Å². The van der Waals surface area contributed by atoms with Crippen molar-refractivity contribution in [1.82, 2.24) is 25.3 Å². The Labute approximate surface area is 337 Å². The number of benzene rings is 2. The first-order valence-corrected chi connectivity index (χ1v) is 20.3. The summed E-state index contributed by atoms with van der Waals surface area (Å²) >= 11 is 2.67. The van der Waals surface area contributed by atoms with Crippen LogP contribution < -0.4 is 15.2 Å². The van der Waals surface area contributed by atoms with Crippen LogP contribution in [0.5, 0.6) is 0 Å². The normalized spacial score (nSPS) is 18.7. The first kappa shape index (κ1) is 39.4. The molecule has 0 bridgehead atoms. The molecule has 3 aliphatic heterocycles. The van der Waals surface area contributed by atoms with Gasteiger partial charge in [0, 0.05) is 29.5 Å². The number of likely N-dealkylation sites (tertiary alicyclic amines) is 1. The number of ether oxygens (including phenoxy) is 2. The fourth-order valence-corrected chi connectivity index (χ4v) is 8.66. The lowest BCUT2D eigenvalue weighted by atomic mass is 10.00. The summed E-state index contributed by atoms with van der Waals surface area (Å²) in [6, 6.07) is 21.5. The summed E-state index contributed by atoms with van der Waals surface area (Å²) in [4.78, 5) is 70.5. The van der Waals surface area contributed by atoms with Crippen molar-refractivity contribution in [3.05, 3.63) is 130 Å². The van der Waals surface area contributed by atoms with Gasteiger partial charge in [-0.25, -0.2) is 9.59 Å². The summed E-state index contributed by atoms with van der Waals surface area (Å²) in [6.07, 6.45) is 4.21. The molecule has 2 aromatic heterocycles. The number of allylic oxidation sites excluding steroid dienone is 1. The second kappa shape index (κ2) is 16.7. The molecule has 5 heterocycles. The van der Waals surface area contributed by atoms with Gasteiger partial charge >= 0.3 is 12.1 Å². The molecule has 0 spiro atoms. The second-order valence-electron chi connectivity index (χ2n) is 14.7. The molecule has 4 aromatic rings. The van der Waals surface area contributed by atoms with Gasteiger partial charge in [-0.1, -0.05) is 72.0 Å². The molecule has 3 aliphatic rings. The summed E-state index contributed by atoms with van der Waals surface area (Å²) in [5.74, 6) is -1.39. The highest BCUT2D eigenvalue weighted by molar-refractivity contribution is 8.00. The number of esters is 1. The molecule has 0 saturated carbocycles. The highest BCUT2D eigenvalue weighted by atomic mass is 32.2. The fourth-order valence-electron chi connectivity index (χ4n) is 6.75. The van der Waals surface area contributed by atoms with E-state index in [4.69, 9.17) is 9.47 Å². The van der Waals surface area contributed by atoms with Crippen molar-refractivity contribution in [1.29, 1.82) is 0 Å². The van der Waals surface area contributed by atoms with E-state index in [1.54, 1.807) is 42.5 Å². The maximum absolute atomic E-state index is 14.4. The van der Waals surface area contributed by atoms with Crippen LogP contribution in [0.25, 0.3) is 0 Å². The maximum atomic E-state index is 14.4. The Morgan fingerprint density at radius 1 is 1.00 bits per heavy atom. The van der Waals surface area contributed by atoms with Crippen LogP contribution in [0.2, 0.25) is 0 Å². The van der Waals surface area contributed by atoms with E-state index in [-0.39, 0.29) is 29.8 Å². The molecule has 2 aromatic carbocycles. The molecule has 4 amide bonds. The Hall–Kier alpha value is -5.87. The predicted molar refractivity (Wildman–Crippen MR) is 212 cm³/mol. The summed E-state index contributed by atoms with van der Waals surface area (Å²) in [6.45, 7) is 7.80. The Bertz CT molecular complexity index is 2220. The van der Waals surface area contributed by atoms with Crippen molar-refractivity contribution < 1.29 is 38.0 Å². The number of rotatable bonds is 11. The minimum Gasteiger partial charge on any atom is -0.448 e. The summed E-state index contributed by atoms with van der Waals surface area (Å²) < 4.78 is 13.4. The predicted octanol–water partition coefficient (Wildman–Crippen LogP) is 4.83. The number of anilines is 1.